The molecule has 1 atom stereocenters. The Hall–Kier alpha value is -2.80. The van der Waals surface area contributed by atoms with Gasteiger partial charge in [-0.15, -0.1) is 11.8 Å². The van der Waals surface area contributed by atoms with Gasteiger partial charge in [0.05, 0.1) is 11.3 Å². The summed E-state index contributed by atoms with van der Waals surface area (Å²) in [5.41, 5.74) is 1.47. The van der Waals surface area contributed by atoms with Crippen LogP contribution in [-0.2, 0) is 14.3 Å². The van der Waals surface area contributed by atoms with Gasteiger partial charge < -0.3 is 15.0 Å². The van der Waals surface area contributed by atoms with E-state index in [4.69, 9.17) is 4.74 Å². The first-order valence-corrected chi connectivity index (χ1v) is 9.48. The van der Waals surface area contributed by atoms with Gasteiger partial charge in [0, 0.05) is 36.7 Å². The van der Waals surface area contributed by atoms with Crippen LogP contribution in [0, 0.1) is 0 Å². The number of carbonyl (C=O) groups excluding carboxylic acids is 3. The van der Waals surface area contributed by atoms with E-state index in [1.807, 2.05) is 6.07 Å². The van der Waals surface area contributed by atoms with Gasteiger partial charge in [-0.2, -0.15) is 0 Å². The van der Waals surface area contributed by atoms with Crippen molar-refractivity contribution in [3.05, 3.63) is 59.7 Å². The molecule has 0 unspecified atom stereocenters. The molecule has 0 fully saturated rings. The van der Waals surface area contributed by atoms with Crippen molar-refractivity contribution in [1.29, 1.82) is 0 Å². The largest absolute Gasteiger partial charge is 0.444 e. The highest BCUT2D eigenvalue weighted by atomic mass is 32.2. The van der Waals surface area contributed by atoms with E-state index in [1.165, 1.54) is 4.90 Å². The third-order valence-electron chi connectivity index (χ3n) is 4.07. The minimum atomic E-state index is -1.03. The number of nitrogens with one attached hydrogen (secondary N) is 1. The monoisotopic (exact) mass is 384 g/mol. The average molecular weight is 384 g/mol. The number of thioether (sulfide) groups is 1. The van der Waals surface area contributed by atoms with Crippen molar-refractivity contribution >= 4 is 35.2 Å². The van der Waals surface area contributed by atoms with Gasteiger partial charge in [0.15, 0.2) is 0 Å². The maximum atomic E-state index is 12.7. The van der Waals surface area contributed by atoms with Gasteiger partial charge in [0.1, 0.15) is 0 Å². The lowest BCUT2D eigenvalue weighted by molar-refractivity contribution is -0.138. The van der Waals surface area contributed by atoms with E-state index in [0.29, 0.717) is 23.4 Å². The topological polar surface area (TPSA) is 75.7 Å². The van der Waals surface area contributed by atoms with Crippen LogP contribution in [0.3, 0.4) is 0 Å². The van der Waals surface area contributed by atoms with Crippen LogP contribution in [0.25, 0.3) is 0 Å². The molecule has 3 rings (SSSR count). The maximum absolute atomic E-state index is 12.7. The zero-order valence-electron chi connectivity index (χ0n) is 15.1. The van der Waals surface area contributed by atoms with Crippen LogP contribution < -0.4 is 5.32 Å². The predicted octanol–water partition coefficient (Wildman–Crippen LogP) is 3.11. The third kappa shape index (κ3) is 4.49. The molecule has 0 spiro atoms. The number of rotatable bonds is 4. The van der Waals surface area contributed by atoms with Crippen LogP contribution in [0.1, 0.15) is 28.4 Å². The Kier molecular flexibility index (Phi) is 5.81. The van der Waals surface area contributed by atoms with Crippen molar-refractivity contribution in [2.75, 3.05) is 25.2 Å². The Morgan fingerprint density at radius 2 is 1.89 bits per heavy atom. The molecular formula is C20H20N2O4S. The normalized spacial score (nSPS) is 14.4. The Bertz CT molecular complexity index is 868. The van der Waals surface area contributed by atoms with Gasteiger partial charge in [-0.25, -0.2) is 4.79 Å². The van der Waals surface area contributed by atoms with Crippen LogP contribution in [0.4, 0.5) is 5.69 Å². The average Bonchev–Trinajstić information content (AvgIpc) is 2.85. The molecule has 2 amide bonds. The number of fused-ring (bicyclic) bond motifs is 1. The number of anilines is 1. The van der Waals surface area contributed by atoms with Crippen molar-refractivity contribution in [2.45, 2.75) is 17.4 Å². The maximum Gasteiger partial charge on any atom is 0.339 e. The number of ether oxygens (including phenoxy) is 1. The molecule has 6 nitrogen and oxygen atoms in total. The van der Waals surface area contributed by atoms with Crippen molar-refractivity contribution in [3.63, 3.8) is 0 Å². The highest BCUT2D eigenvalue weighted by Crippen LogP contribution is 2.32. The van der Waals surface area contributed by atoms with Crippen LogP contribution in [-0.4, -0.2) is 42.5 Å². The summed E-state index contributed by atoms with van der Waals surface area (Å²) in [6.45, 7) is 0. The lowest BCUT2D eigenvalue weighted by Gasteiger charge is -2.21. The fraction of sp³-hybridized carbons (Fsp3) is 0.250. The van der Waals surface area contributed by atoms with Gasteiger partial charge in [-0.1, -0.05) is 30.3 Å². The molecule has 0 saturated carbocycles. The summed E-state index contributed by atoms with van der Waals surface area (Å²) in [5.74, 6) is -0.342. The first kappa shape index (κ1) is 19.0. The molecule has 2 aromatic carbocycles. The van der Waals surface area contributed by atoms with E-state index in [1.54, 1.807) is 68.3 Å². The van der Waals surface area contributed by atoms with Gasteiger partial charge >= 0.3 is 5.97 Å². The fourth-order valence-electron chi connectivity index (χ4n) is 2.65. The molecule has 27 heavy (non-hydrogen) atoms. The summed E-state index contributed by atoms with van der Waals surface area (Å²) in [6, 6.07) is 13.9. The molecule has 1 aliphatic heterocycles. The van der Waals surface area contributed by atoms with Gasteiger partial charge in [0.25, 0.3) is 5.91 Å². The van der Waals surface area contributed by atoms with Crippen molar-refractivity contribution in [3.8, 4) is 0 Å². The summed E-state index contributed by atoms with van der Waals surface area (Å²) in [7, 11) is 3.22. The number of hydrogen-bond acceptors (Lipinski definition) is 5. The lowest BCUT2D eigenvalue weighted by atomic mass is 10.1. The molecule has 2 aromatic rings. The highest BCUT2D eigenvalue weighted by Gasteiger charge is 2.27. The second-order valence-electron chi connectivity index (χ2n) is 6.29. The molecule has 140 valence electrons. The minimum Gasteiger partial charge on any atom is -0.444 e. The standard InChI is InChI=1S/C20H20N2O4S/c1-22(2)19(24)18(13-6-4-3-5-7-13)26-20(25)14-8-9-16-15(12-14)21-17(23)10-11-27-16/h3-9,12,18H,10-11H2,1-2H3,(H,21,23)/t18-/m1/s1. The van der Waals surface area contributed by atoms with E-state index in [0.717, 1.165) is 4.90 Å². The molecule has 1 heterocycles. The predicted molar refractivity (Wildman–Crippen MR) is 104 cm³/mol. The Morgan fingerprint density at radius 3 is 2.59 bits per heavy atom. The number of esters is 1. The van der Waals surface area contributed by atoms with Crippen molar-refractivity contribution in [2.24, 2.45) is 0 Å². The molecule has 7 heteroatoms. The molecule has 0 aliphatic carbocycles. The van der Waals surface area contributed by atoms with E-state index in [-0.39, 0.29) is 17.4 Å². The van der Waals surface area contributed by atoms with Crippen molar-refractivity contribution in [1.82, 2.24) is 4.90 Å². The van der Waals surface area contributed by atoms with E-state index in [2.05, 4.69) is 5.32 Å². The first-order chi connectivity index (χ1) is 13.0. The van der Waals surface area contributed by atoms with Crippen LogP contribution in [0.15, 0.2) is 53.4 Å². The number of benzene rings is 2. The summed E-state index contributed by atoms with van der Waals surface area (Å²) in [4.78, 5) is 39.3. The molecule has 1 N–H and O–H groups in total. The van der Waals surface area contributed by atoms with Crippen molar-refractivity contribution < 1.29 is 19.1 Å². The van der Waals surface area contributed by atoms with Crippen LogP contribution >= 0.6 is 11.8 Å². The molecular weight excluding hydrogens is 364 g/mol. The minimum absolute atomic E-state index is 0.0864. The van der Waals surface area contributed by atoms with E-state index >= 15 is 0 Å². The molecule has 1 aliphatic rings. The number of likely N-dealkylation sites (N-methyl/N-ethyl adjacent to an activating group) is 1. The zero-order valence-corrected chi connectivity index (χ0v) is 15.9. The van der Waals surface area contributed by atoms with E-state index < -0.39 is 12.1 Å². The molecule has 0 radical (unpaired) electrons. The second-order valence-corrected chi connectivity index (χ2v) is 7.42. The number of nitrogens with zero attached hydrogens (tertiary/aromatic N) is 1. The third-order valence-corrected chi connectivity index (χ3v) is 5.14. The Morgan fingerprint density at radius 1 is 1.15 bits per heavy atom. The fourth-order valence-corrected chi connectivity index (χ4v) is 3.58. The van der Waals surface area contributed by atoms with Gasteiger partial charge in [-0.05, 0) is 18.2 Å². The Labute approximate surface area is 161 Å². The van der Waals surface area contributed by atoms with E-state index in [9.17, 15) is 14.4 Å². The van der Waals surface area contributed by atoms with Crippen LogP contribution in [0.5, 0.6) is 0 Å². The summed E-state index contributed by atoms with van der Waals surface area (Å²) >= 11 is 1.56. The smallest absolute Gasteiger partial charge is 0.339 e. The summed E-state index contributed by atoms with van der Waals surface area (Å²) < 4.78 is 5.55. The summed E-state index contributed by atoms with van der Waals surface area (Å²) in [6.07, 6.45) is -0.608. The zero-order chi connectivity index (χ0) is 19.4. The number of amides is 2. The quantitative estimate of drug-likeness (QED) is 0.820. The molecule has 0 saturated heterocycles. The first-order valence-electron chi connectivity index (χ1n) is 8.49. The van der Waals surface area contributed by atoms with Crippen LogP contribution in [0.2, 0.25) is 0 Å². The summed E-state index contributed by atoms with van der Waals surface area (Å²) in [5, 5.41) is 2.80. The number of carbonyl (C=O) groups is 3. The molecule has 0 bridgehead atoms. The Balaban J connectivity index is 1.86. The SMILES string of the molecule is CN(C)C(=O)[C@H](OC(=O)c1ccc2c(c1)NC(=O)CCS2)c1ccccc1. The van der Waals surface area contributed by atoms with Gasteiger partial charge in [0.2, 0.25) is 12.0 Å². The highest BCUT2D eigenvalue weighted by molar-refractivity contribution is 7.99. The lowest BCUT2D eigenvalue weighted by Crippen LogP contribution is -2.31. The van der Waals surface area contributed by atoms with Gasteiger partial charge in [-0.3, -0.25) is 9.59 Å². The molecule has 0 aromatic heterocycles. The second kappa shape index (κ2) is 8.26. The number of hydrogen-bond donors (Lipinski definition) is 1.